The van der Waals surface area contributed by atoms with E-state index in [2.05, 4.69) is 20.0 Å². The third-order valence-electron chi connectivity index (χ3n) is 6.57. The molecule has 0 fully saturated rings. The average molecular weight is 654 g/mol. The molecule has 0 aliphatic heterocycles. The van der Waals surface area contributed by atoms with Gasteiger partial charge in [0.1, 0.15) is 17.3 Å². The van der Waals surface area contributed by atoms with Crippen LogP contribution in [0.15, 0.2) is 71.9 Å². The van der Waals surface area contributed by atoms with Crippen molar-refractivity contribution in [3.05, 3.63) is 89.1 Å². The van der Waals surface area contributed by atoms with Crippen LogP contribution in [0.5, 0.6) is 5.75 Å². The molecule has 2 aromatic heterocycles. The molecule has 0 atom stereocenters. The maximum Gasteiger partial charge on any atom is 0.573 e. The third-order valence-corrected chi connectivity index (χ3v) is 8.07. The molecular formula is C28H21ClF5N5O4S. The molecule has 0 saturated carbocycles. The molecule has 3 aromatic carbocycles. The number of rotatable bonds is 8. The van der Waals surface area contributed by atoms with Gasteiger partial charge in [0.15, 0.2) is 9.84 Å². The highest BCUT2D eigenvalue weighted by molar-refractivity contribution is 7.90. The molecule has 44 heavy (non-hydrogen) atoms. The molecule has 0 spiro atoms. The quantitative estimate of drug-likeness (QED) is 0.191. The van der Waals surface area contributed by atoms with Gasteiger partial charge in [-0.05, 0) is 66.6 Å². The Bertz CT molecular complexity index is 1960. The molecule has 9 nitrogen and oxygen atoms in total. The molecule has 5 rings (SSSR count). The predicted molar refractivity (Wildman–Crippen MR) is 150 cm³/mol. The first-order chi connectivity index (χ1) is 20.7. The molecule has 0 aliphatic carbocycles. The number of aliphatic hydroxyl groups is 1. The second-order valence-electron chi connectivity index (χ2n) is 9.56. The van der Waals surface area contributed by atoms with E-state index < -0.39 is 40.7 Å². The van der Waals surface area contributed by atoms with Crippen molar-refractivity contribution in [3.63, 3.8) is 0 Å². The lowest BCUT2D eigenvalue weighted by molar-refractivity contribution is -0.274. The third kappa shape index (κ3) is 6.30. The normalized spacial score (nSPS) is 12.2. The number of alkyl halides is 5. The lowest BCUT2D eigenvalue weighted by atomic mass is 10.0. The SMILES string of the molecule is Cc1nc(C(F)F)cn1-c1ccc(-c2cc(Cl)c(CO)c(S(C)(=O)=O)c2)cc1-n1nncc1-c1ccc(OC(F)(F)F)cc1. The van der Waals surface area contributed by atoms with Gasteiger partial charge in [-0.25, -0.2) is 26.9 Å². The minimum absolute atomic E-state index is 0.00527. The van der Waals surface area contributed by atoms with Gasteiger partial charge in [-0.3, -0.25) is 0 Å². The van der Waals surface area contributed by atoms with Crippen molar-refractivity contribution in [3.8, 4) is 39.5 Å². The Morgan fingerprint density at radius 1 is 1.00 bits per heavy atom. The number of sulfone groups is 1. The van der Waals surface area contributed by atoms with Gasteiger partial charge in [0, 0.05) is 28.6 Å². The summed E-state index contributed by atoms with van der Waals surface area (Å²) in [6.45, 7) is 0.907. The van der Waals surface area contributed by atoms with Gasteiger partial charge in [0.25, 0.3) is 6.43 Å². The first kappa shape index (κ1) is 31.1. The molecule has 0 bridgehead atoms. The van der Waals surface area contributed by atoms with Crippen LogP contribution < -0.4 is 4.74 Å². The van der Waals surface area contributed by atoms with E-state index in [0.29, 0.717) is 28.1 Å². The monoisotopic (exact) mass is 653 g/mol. The summed E-state index contributed by atoms with van der Waals surface area (Å²) in [5, 5.41) is 17.9. The Morgan fingerprint density at radius 3 is 2.27 bits per heavy atom. The number of imidazole rings is 1. The van der Waals surface area contributed by atoms with E-state index in [-0.39, 0.29) is 27.0 Å². The van der Waals surface area contributed by atoms with Crippen LogP contribution in [0.4, 0.5) is 22.0 Å². The van der Waals surface area contributed by atoms with Crippen LogP contribution in [0, 0.1) is 6.92 Å². The van der Waals surface area contributed by atoms with E-state index in [1.165, 1.54) is 46.6 Å². The fourth-order valence-corrected chi connectivity index (χ4v) is 5.92. The largest absolute Gasteiger partial charge is 0.573 e. The maximum atomic E-state index is 13.5. The number of hydrogen-bond donors (Lipinski definition) is 1. The van der Waals surface area contributed by atoms with Gasteiger partial charge < -0.3 is 14.4 Å². The van der Waals surface area contributed by atoms with Gasteiger partial charge in [0.05, 0.1) is 34.8 Å². The topological polar surface area (TPSA) is 112 Å². The highest BCUT2D eigenvalue weighted by atomic mass is 35.5. The van der Waals surface area contributed by atoms with Crippen LogP contribution >= 0.6 is 11.6 Å². The number of aliphatic hydroxyl groups excluding tert-OH is 1. The summed E-state index contributed by atoms with van der Waals surface area (Å²) in [6.07, 6.45) is -4.23. The van der Waals surface area contributed by atoms with Gasteiger partial charge in [-0.1, -0.05) is 22.9 Å². The van der Waals surface area contributed by atoms with Crippen LogP contribution in [0.1, 0.15) is 23.5 Å². The molecule has 2 heterocycles. The van der Waals surface area contributed by atoms with Crippen molar-refractivity contribution >= 4 is 21.4 Å². The first-order valence-electron chi connectivity index (χ1n) is 12.6. The Balaban J connectivity index is 1.71. The van der Waals surface area contributed by atoms with Crippen molar-refractivity contribution < 1.29 is 40.2 Å². The Kier molecular flexibility index (Phi) is 8.22. The zero-order valence-corrected chi connectivity index (χ0v) is 24.3. The lowest BCUT2D eigenvalue weighted by Crippen LogP contribution is -2.16. The Hall–Kier alpha value is -4.34. The molecule has 0 radical (unpaired) electrons. The van der Waals surface area contributed by atoms with E-state index >= 15 is 0 Å². The van der Waals surface area contributed by atoms with Gasteiger partial charge in [-0.15, -0.1) is 18.3 Å². The molecule has 0 unspecified atom stereocenters. The van der Waals surface area contributed by atoms with Crippen LogP contribution in [-0.4, -0.2) is 50.7 Å². The molecule has 0 amide bonds. The number of aryl methyl sites for hydroxylation is 1. The fourth-order valence-electron chi connectivity index (χ4n) is 4.62. The van der Waals surface area contributed by atoms with E-state index in [1.807, 2.05) is 0 Å². The molecule has 5 aromatic rings. The van der Waals surface area contributed by atoms with Crippen molar-refractivity contribution in [2.24, 2.45) is 0 Å². The zero-order chi connectivity index (χ0) is 32.0. The van der Waals surface area contributed by atoms with E-state index in [9.17, 15) is 35.5 Å². The lowest BCUT2D eigenvalue weighted by Gasteiger charge is -2.17. The second kappa shape index (κ2) is 11.6. The number of hydrogen-bond acceptors (Lipinski definition) is 7. The van der Waals surface area contributed by atoms with Crippen molar-refractivity contribution in [1.29, 1.82) is 0 Å². The Morgan fingerprint density at radius 2 is 1.68 bits per heavy atom. The number of nitrogens with zero attached hydrogens (tertiary/aromatic N) is 5. The fraction of sp³-hybridized carbons (Fsp3) is 0.179. The average Bonchev–Trinajstić information content (AvgIpc) is 3.58. The Labute approximate surface area is 252 Å². The number of ether oxygens (including phenoxy) is 1. The molecule has 1 N–H and O–H groups in total. The molecule has 0 aliphatic rings. The smallest absolute Gasteiger partial charge is 0.406 e. The summed E-state index contributed by atoms with van der Waals surface area (Å²) in [6, 6.07) is 12.6. The van der Waals surface area contributed by atoms with E-state index in [1.54, 1.807) is 18.2 Å². The first-order valence-corrected chi connectivity index (χ1v) is 14.8. The molecule has 230 valence electrons. The summed E-state index contributed by atoms with van der Waals surface area (Å²) in [5.74, 6) is -0.222. The maximum absolute atomic E-state index is 13.5. The minimum Gasteiger partial charge on any atom is -0.406 e. The molecular weight excluding hydrogens is 633 g/mol. The number of aromatic nitrogens is 5. The highest BCUT2D eigenvalue weighted by Crippen LogP contribution is 2.36. The number of halogens is 6. The van der Waals surface area contributed by atoms with Crippen molar-refractivity contribution in [2.45, 2.75) is 31.2 Å². The summed E-state index contributed by atoms with van der Waals surface area (Å²) in [7, 11) is -3.81. The standard InChI is InChI=1S/C28H21ClF5N5O4S/c1-15-36-22(27(30)31)13-38(15)23-8-5-17(18-9-21(29)20(14-40)26(11-18)44(2,41)42)10-24(23)39-25(12-35-37-39)16-3-6-19(7-4-16)43-28(32,33)34/h3-13,27,40H,14H2,1-2H3. The number of benzene rings is 3. The molecule has 16 heteroatoms. The summed E-state index contributed by atoms with van der Waals surface area (Å²) in [5.41, 5.74) is 1.66. The van der Waals surface area contributed by atoms with Crippen LogP contribution in [0.25, 0.3) is 33.8 Å². The van der Waals surface area contributed by atoms with E-state index in [4.69, 9.17) is 11.6 Å². The van der Waals surface area contributed by atoms with Gasteiger partial charge >= 0.3 is 6.36 Å². The minimum atomic E-state index is -4.88. The van der Waals surface area contributed by atoms with Crippen LogP contribution in [0.3, 0.4) is 0 Å². The van der Waals surface area contributed by atoms with Crippen LogP contribution in [0.2, 0.25) is 5.02 Å². The summed E-state index contributed by atoms with van der Waals surface area (Å²) >= 11 is 6.35. The zero-order valence-electron chi connectivity index (χ0n) is 22.7. The van der Waals surface area contributed by atoms with Gasteiger partial charge in [0.2, 0.25) is 0 Å². The molecule has 0 saturated heterocycles. The van der Waals surface area contributed by atoms with E-state index in [0.717, 1.165) is 24.6 Å². The highest BCUT2D eigenvalue weighted by Gasteiger charge is 2.31. The summed E-state index contributed by atoms with van der Waals surface area (Å²) in [4.78, 5) is 3.75. The van der Waals surface area contributed by atoms with Crippen molar-refractivity contribution in [2.75, 3.05) is 6.26 Å². The summed E-state index contributed by atoms with van der Waals surface area (Å²) < 4.78 is 96.8. The predicted octanol–water partition coefficient (Wildman–Crippen LogP) is 6.48. The van der Waals surface area contributed by atoms with Gasteiger partial charge in [-0.2, -0.15) is 0 Å². The van der Waals surface area contributed by atoms with Crippen LogP contribution in [-0.2, 0) is 16.4 Å². The van der Waals surface area contributed by atoms with Crippen molar-refractivity contribution in [1.82, 2.24) is 24.5 Å². The second-order valence-corrected chi connectivity index (χ2v) is 11.9.